The second-order valence-electron chi connectivity index (χ2n) is 9.11. The summed E-state index contributed by atoms with van der Waals surface area (Å²) in [4.78, 5) is 27.0. The Morgan fingerprint density at radius 3 is 2.29 bits per heavy atom. The van der Waals surface area contributed by atoms with Crippen molar-refractivity contribution in [3.63, 3.8) is 0 Å². The van der Waals surface area contributed by atoms with Gasteiger partial charge >= 0.3 is 5.97 Å². The summed E-state index contributed by atoms with van der Waals surface area (Å²) >= 11 is 6.28. The van der Waals surface area contributed by atoms with E-state index in [-0.39, 0.29) is 16.9 Å². The number of hydrogen-bond acceptors (Lipinski definition) is 2. The van der Waals surface area contributed by atoms with Gasteiger partial charge in [-0.2, -0.15) is 0 Å². The first-order chi connectivity index (χ1) is 14.5. The Morgan fingerprint density at radius 2 is 1.68 bits per heavy atom. The first kappa shape index (κ1) is 21.1. The molecule has 0 fully saturated rings. The topological polar surface area (TPSA) is 57.6 Å². The Kier molecular flexibility index (Phi) is 4.94. The largest absolute Gasteiger partial charge is 0.478 e. The maximum atomic E-state index is 13.9. The average Bonchev–Trinajstić information content (AvgIpc) is 2.95. The summed E-state index contributed by atoms with van der Waals surface area (Å²) in [5.41, 5.74) is 3.29. The summed E-state index contributed by atoms with van der Waals surface area (Å²) in [5.74, 6) is -1.18. The first-order valence-electron chi connectivity index (χ1n) is 10.1. The van der Waals surface area contributed by atoms with Crippen LogP contribution in [0.25, 0.3) is 0 Å². The van der Waals surface area contributed by atoms with Gasteiger partial charge in [-0.1, -0.05) is 68.8 Å². The predicted molar refractivity (Wildman–Crippen MR) is 124 cm³/mol. The van der Waals surface area contributed by atoms with Crippen molar-refractivity contribution >= 4 is 34.9 Å². The third-order valence-corrected chi connectivity index (χ3v) is 6.28. The molecule has 3 aromatic carbocycles. The molecule has 31 heavy (non-hydrogen) atoms. The van der Waals surface area contributed by atoms with Gasteiger partial charge in [0.05, 0.1) is 16.7 Å². The Bertz CT molecular complexity index is 1190. The van der Waals surface area contributed by atoms with Gasteiger partial charge in [-0.15, -0.1) is 0 Å². The lowest BCUT2D eigenvalue weighted by molar-refractivity contribution is -0.120. The second kappa shape index (κ2) is 7.24. The highest BCUT2D eigenvalue weighted by Gasteiger charge is 2.49. The molecule has 4 rings (SSSR count). The van der Waals surface area contributed by atoms with E-state index in [9.17, 15) is 14.7 Å². The number of aromatic carboxylic acids is 1. The van der Waals surface area contributed by atoms with Crippen LogP contribution >= 0.6 is 11.6 Å². The van der Waals surface area contributed by atoms with Crippen LogP contribution in [-0.2, 0) is 15.6 Å². The molecule has 0 saturated heterocycles. The predicted octanol–water partition coefficient (Wildman–Crippen LogP) is 6.32. The molecule has 0 aromatic heterocycles. The van der Waals surface area contributed by atoms with Gasteiger partial charge in [-0.25, -0.2) is 4.79 Å². The van der Waals surface area contributed by atoms with Gasteiger partial charge in [0.25, 0.3) is 0 Å². The quantitative estimate of drug-likeness (QED) is 0.525. The minimum absolute atomic E-state index is 0.00780. The fraction of sp³-hybridized carbons (Fsp3) is 0.231. The number of carboxylic acids is 1. The van der Waals surface area contributed by atoms with E-state index in [4.69, 9.17) is 11.6 Å². The molecule has 4 nitrogen and oxygen atoms in total. The molecule has 0 radical (unpaired) electrons. The molecule has 1 amide bonds. The van der Waals surface area contributed by atoms with E-state index in [0.717, 1.165) is 11.1 Å². The Labute approximate surface area is 187 Å². The number of hydrogen-bond donors (Lipinski definition) is 1. The van der Waals surface area contributed by atoms with Gasteiger partial charge < -0.3 is 5.11 Å². The van der Waals surface area contributed by atoms with E-state index in [0.29, 0.717) is 16.4 Å². The van der Waals surface area contributed by atoms with E-state index in [1.165, 1.54) is 17.7 Å². The van der Waals surface area contributed by atoms with Gasteiger partial charge in [0.2, 0.25) is 5.91 Å². The highest BCUT2D eigenvalue weighted by atomic mass is 35.5. The molecule has 1 heterocycles. The van der Waals surface area contributed by atoms with Crippen molar-refractivity contribution in [3.8, 4) is 0 Å². The molecule has 1 aliphatic rings. The molecule has 0 saturated carbocycles. The van der Waals surface area contributed by atoms with Gasteiger partial charge in [0.1, 0.15) is 0 Å². The maximum absolute atomic E-state index is 13.9. The SMILES string of the molecule is CC(C)(C)c1ccc(C2(C)C(=O)N(c3cccc(C(=O)O)c3)c3cc(Cl)ccc32)cc1. The van der Waals surface area contributed by atoms with E-state index >= 15 is 0 Å². The fourth-order valence-electron chi connectivity index (χ4n) is 4.18. The van der Waals surface area contributed by atoms with Gasteiger partial charge in [-0.3, -0.25) is 9.69 Å². The molecule has 1 aliphatic heterocycles. The van der Waals surface area contributed by atoms with Crippen molar-refractivity contribution < 1.29 is 14.7 Å². The van der Waals surface area contributed by atoms with Crippen LogP contribution in [-0.4, -0.2) is 17.0 Å². The number of rotatable bonds is 3. The molecular formula is C26H24ClNO3. The van der Waals surface area contributed by atoms with Crippen molar-refractivity contribution in [1.29, 1.82) is 0 Å². The molecular weight excluding hydrogens is 410 g/mol. The number of amides is 1. The molecule has 1 unspecified atom stereocenters. The minimum atomic E-state index is -1.04. The van der Waals surface area contributed by atoms with E-state index in [1.807, 2.05) is 25.1 Å². The molecule has 0 spiro atoms. The second-order valence-corrected chi connectivity index (χ2v) is 9.55. The van der Waals surface area contributed by atoms with Gasteiger partial charge in [0.15, 0.2) is 0 Å². The van der Waals surface area contributed by atoms with Crippen LogP contribution in [0.5, 0.6) is 0 Å². The molecule has 158 valence electrons. The highest BCUT2D eigenvalue weighted by molar-refractivity contribution is 6.31. The Hall–Kier alpha value is -3.11. The Morgan fingerprint density at radius 1 is 1.00 bits per heavy atom. The summed E-state index contributed by atoms with van der Waals surface area (Å²) in [6.45, 7) is 8.37. The Balaban J connectivity index is 1.89. The van der Waals surface area contributed by atoms with Crippen LogP contribution in [0.1, 0.15) is 54.7 Å². The van der Waals surface area contributed by atoms with Crippen LogP contribution < -0.4 is 4.90 Å². The molecule has 1 atom stereocenters. The zero-order chi connectivity index (χ0) is 22.6. The summed E-state index contributed by atoms with van der Waals surface area (Å²) < 4.78 is 0. The number of carbonyl (C=O) groups is 2. The lowest BCUT2D eigenvalue weighted by Gasteiger charge is -2.27. The van der Waals surface area contributed by atoms with Crippen LogP contribution in [0, 0.1) is 0 Å². The third kappa shape index (κ3) is 3.41. The van der Waals surface area contributed by atoms with Crippen molar-refractivity contribution in [2.45, 2.75) is 38.5 Å². The number of anilines is 2. The number of nitrogens with zero attached hydrogens (tertiary/aromatic N) is 1. The fourth-order valence-corrected chi connectivity index (χ4v) is 4.34. The molecule has 0 aliphatic carbocycles. The lowest BCUT2D eigenvalue weighted by Crippen LogP contribution is -2.36. The number of benzene rings is 3. The molecule has 5 heteroatoms. The van der Waals surface area contributed by atoms with Gasteiger partial charge in [0, 0.05) is 10.7 Å². The maximum Gasteiger partial charge on any atom is 0.335 e. The van der Waals surface area contributed by atoms with Crippen molar-refractivity contribution in [2.75, 3.05) is 4.90 Å². The van der Waals surface area contributed by atoms with Crippen LogP contribution in [0.3, 0.4) is 0 Å². The van der Waals surface area contributed by atoms with E-state index < -0.39 is 11.4 Å². The zero-order valence-corrected chi connectivity index (χ0v) is 18.7. The summed E-state index contributed by atoms with van der Waals surface area (Å²) in [7, 11) is 0. The summed E-state index contributed by atoms with van der Waals surface area (Å²) in [6.07, 6.45) is 0. The molecule has 1 N–H and O–H groups in total. The molecule has 3 aromatic rings. The minimum Gasteiger partial charge on any atom is -0.478 e. The summed E-state index contributed by atoms with van der Waals surface area (Å²) in [5, 5.41) is 9.92. The lowest BCUT2D eigenvalue weighted by atomic mass is 9.76. The zero-order valence-electron chi connectivity index (χ0n) is 17.9. The van der Waals surface area contributed by atoms with E-state index in [2.05, 4.69) is 32.9 Å². The number of halogens is 1. The summed E-state index contributed by atoms with van der Waals surface area (Å²) in [6, 6.07) is 20.0. The van der Waals surface area contributed by atoms with E-state index in [1.54, 1.807) is 29.2 Å². The van der Waals surface area contributed by atoms with Crippen LogP contribution in [0.15, 0.2) is 66.7 Å². The third-order valence-electron chi connectivity index (χ3n) is 6.05. The molecule has 0 bridgehead atoms. The van der Waals surface area contributed by atoms with Crippen LogP contribution in [0.2, 0.25) is 5.02 Å². The standard InChI is InChI=1S/C26H24ClNO3/c1-25(2,3)17-8-10-18(11-9-17)26(4)21-13-12-19(27)15-22(21)28(24(26)31)20-7-5-6-16(14-20)23(29)30/h5-15H,1-4H3,(H,29,30). The number of fused-ring (bicyclic) bond motifs is 1. The van der Waals surface area contributed by atoms with Gasteiger partial charge in [-0.05, 0) is 59.4 Å². The highest BCUT2D eigenvalue weighted by Crippen LogP contribution is 2.50. The average molecular weight is 434 g/mol. The first-order valence-corrected chi connectivity index (χ1v) is 10.5. The van der Waals surface area contributed by atoms with Crippen molar-refractivity contribution in [1.82, 2.24) is 0 Å². The normalized spacial score (nSPS) is 18.2. The van der Waals surface area contributed by atoms with Crippen LogP contribution in [0.4, 0.5) is 11.4 Å². The number of carbonyl (C=O) groups excluding carboxylic acids is 1. The monoisotopic (exact) mass is 433 g/mol. The number of carboxylic acid groups (broad SMARTS) is 1. The smallest absolute Gasteiger partial charge is 0.335 e. The van der Waals surface area contributed by atoms with Crippen molar-refractivity contribution in [3.05, 3.63) is 94.0 Å². The van der Waals surface area contributed by atoms with Crippen molar-refractivity contribution in [2.24, 2.45) is 0 Å².